The van der Waals surface area contributed by atoms with E-state index < -0.39 is 5.97 Å². The van der Waals surface area contributed by atoms with E-state index in [1.807, 2.05) is 0 Å². The molecule has 0 fully saturated rings. The highest BCUT2D eigenvalue weighted by Gasteiger charge is 2.10. The van der Waals surface area contributed by atoms with Gasteiger partial charge in [-0.2, -0.15) is 0 Å². The number of halogens is 1. The molecule has 13 heavy (non-hydrogen) atoms. The number of hydrogen-bond acceptors (Lipinski definition) is 4. The molecular formula is C7H3BrN2O3. The van der Waals surface area contributed by atoms with Gasteiger partial charge in [0, 0.05) is 12.3 Å². The number of aromatic carboxylic acids is 1. The Bertz CT molecular complexity index is 480. The first kappa shape index (κ1) is 8.18. The number of carbonyl (C=O) groups is 1. The predicted octanol–water partition coefficient (Wildman–Crippen LogP) is 1.68. The third-order valence-corrected chi connectivity index (χ3v) is 2.04. The Balaban J connectivity index is 2.70. The van der Waals surface area contributed by atoms with Crippen molar-refractivity contribution >= 4 is 33.0 Å². The van der Waals surface area contributed by atoms with E-state index in [1.54, 1.807) is 0 Å². The molecule has 0 aromatic carbocycles. The van der Waals surface area contributed by atoms with Gasteiger partial charge in [-0.3, -0.25) is 0 Å². The Morgan fingerprint density at radius 1 is 1.62 bits per heavy atom. The number of aromatic nitrogens is 2. The molecule has 66 valence electrons. The lowest BCUT2D eigenvalue weighted by molar-refractivity contribution is 0.0696. The number of carboxylic acids is 1. The third kappa shape index (κ3) is 1.29. The lowest BCUT2D eigenvalue weighted by atomic mass is 10.3. The molecule has 5 nitrogen and oxygen atoms in total. The van der Waals surface area contributed by atoms with Gasteiger partial charge >= 0.3 is 5.97 Å². The monoisotopic (exact) mass is 242 g/mol. The van der Waals surface area contributed by atoms with Crippen molar-refractivity contribution in [1.82, 2.24) is 10.1 Å². The van der Waals surface area contributed by atoms with Crippen LogP contribution in [0.1, 0.15) is 10.4 Å². The van der Waals surface area contributed by atoms with Crippen LogP contribution in [0, 0.1) is 0 Å². The minimum atomic E-state index is -1.04. The fourth-order valence-electron chi connectivity index (χ4n) is 0.919. The molecule has 0 bridgehead atoms. The standard InChI is InChI=1S/C7H3BrN2O3/c8-6-5-4(13-10-6)1-3(2-9-5)7(11)12/h1-2H,(H,11,12). The van der Waals surface area contributed by atoms with E-state index in [1.165, 1.54) is 12.3 Å². The highest BCUT2D eigenvalue weighted by atomic mass is 79.9. The first-order chi connectivity index (χ1) is 6.18. The molecule has 0 saturated carbocycles. The minimum absolute atomic E-state index is 0.0798. The molecular weight excluding hydrogens is 240 g/mol. The van der Waals surface area contributed by atoms with Crippen molar-refractivity contribution in [3.05, 3.63) is 22.4 Å². The Morgan fingerprint density at radius 3 is 3.08 bits per heavy atom. The maximum absolute atomic E-state index is 10.5. The molecule has 0 saturated heterocycles. The van der Waals surface area contributed by atoms with Crippen LogP contribution in [0.4, 0.5) is 0 Å². The summed E-state index contributed by atoms with van der Waals surface area (Å²) in [4.78, 5) is 14.4. The van der Waals surface area contributed by atoms with Crippen LogP contribution >= 0.6 is 15.9 Å². The van der Waals surface area contributed by atoms with Gasteiger partial charge < -0.3 is 9.63 Å². The largest absolute Gasteiger partial charge is 0.478 e. The number of rotatable bonds is 1. The van der Waals surface area contributed by atoms with Crippen LogP contribution in [0.15, 0.2) is 21.4 Å². The molecule has 0 spiro atoms. The lowest BCUT2D eigenvalue weighted by Gasteiger charge is -1.90. The van der Waals surface area contributed by atoms with Crippen LogP contribution in [0.2, 0.25) is 0 Å². The van der Waals surface area contributed by atoms with Gasteiger partial charge in [-0.05, 0) is 15.9 Å². The summed E-state index contributed by atoms with van der Waals surface area (Å²) >= 11 is 3.11. The molecule has 0 unspecified atom stereocenters. The van der Waals surface area contributed by atoms with Crippen molar-refractivity contribution in [3.63, 3.8) is 0 Å². The lowest BCUT2D eigenvalue weighted by Crippen LogP contribution is -1.96. The van der Waals surface area contributed by atoms with Gasteiger partial charge in [-0.25, -0.2) is 9.78 Å². The molecule has 0 aliphatic carbocycles. The number of nitrogens with zero attached hydrogens (tertiary/aromatic N) is 2. The van der Waals surface area contributed by atoms with Crippen LogP contribution in [0.3, 0.4) is 0 Å². The molecule has 2 heterocycles. The Morgan fingerprint density at radius 2 is 2.38 bits per heavy atom. The van der Waals surface area contributed by atoms with Crippen molar-refractivity contribution in [2.75, 3.05) is 0 Å². The summed E-state index contributed by atoms with van der Waals surface area (Å²) in [6.45, 7) is 0. The fourth-order valence-corrected chi connectivity index (χ4v) is 1.29. The van der Waals surface area contributed by atoms with E-state index in [9.17, 15) is 4.79 Å². The zero-order chi connectivity index (χ0) is 9.42. The van der Waals surface area contributed by atoms with Crippen molar-refractivity contribution < 1.29 is 14.4 Å². The van der Waals surface area contributed by atoms with E-state index in [0.29, 0.717) is 15.7 Å². The average Bonchev–Trinajstić information content (AvgIpc) is 2.47. The number of hydrogen-bond donors (Lipinski definition) is 1. The summed E-state index contributed by atoms with van der Waals surface area (Å²) in [7, 11) is 0. The summed E-state index contributed by atoms with van der Waals surface area (Å²) in [6.07, 6.45) is 1.26. The second kappa shape index (κ2) is 2.81. The van der Waals surface area contributed by atoms with Crippen molar-refractivity contribution in [2.24, 2.45) is 0 Å². The predicted molar refractivity (Wildman–Crippen MR) is 46.5 cm³/mol. The number of pyridine rings is 1. The van der Waals surface area contributed by atoms with Gasteiger partial charge in [0.25, 0.3) is 0 Å². The molecule has 2 rings (SSSR count). The van der Waals surface area contributed by atoms with Crippen LogP contribution in [-0.2, 0) is 0 Å². The second-order valence-corrected chi connectivity index (χ2v) is 3.10. The summed E-state index contributed by atoms with van der Waals surface area (Å²) in [5, 5.41) is 12.2. The molecule has 2 aromatic rings. The van der Waals surface area contributed by atoms with Crippen molar-refractivity contribution in [3.8, 4) is 0 Å². The Kier molecular flexibility index (Phi) is 1.77. The molecule has 6 heteroatoms. The van der Waals surface area contributed by atoms with Crippen molar-refractivity contribution in [2.45, 2.75) is 0 Å². The number of carboxylic acid groups (broad SMARTS) is 1. The first-order valence-corrected chi connectivity index (χ1v) is 4.12. The summed E-state index contributed by atoms with van der Waals surface area (Å²) in [5.74, 6) is -1.04. The Hall–Kier alpha value is -1.43. The Labute approximate surface area is 80.5 Å². The quantitative estimate of drug-likeness (QED) is 0.824. The van der Waals surface area contributed by atoms with E-state index in [-0.39, 0.29) is 5.56 Å². The normalized spacial score (nSPS) is 10.5. The smallest absolute Gasteiger partial charge is 0.337 e. The van der Waals surface area contributed by atoms with Crippen LogP contribution < -0.4 is 0 Å². The molecule has 0 amide bonds. The van der Waals surface area contributed by atoms with Gasteiger partial charge in [-0.15, -0.1) is 0 Å². The SMILES string of the molecule is O=C(O)c1cnc2c(Br)noc2c1. The average molecular weight is 243 g/mol. The van der Waals surface area contributed by atoms with Gasteiger partial charge in [-0.1, -0.05) is 5.16 Å². The summed E-state index contributed by atoms with van der Waals surface area (Å²) < 4.78 is 5.29. The van der Waals surface area contributed by atoms with Crippen LogP contribution in [-0.4, -0.2) is 21.2 Å². The molecule has 0 atom stereocenters. The van der Waals surface area contributed by atoms with Gasteiger partial charge in [0.1, 0.15) is 5.52 Å². The third-order valence-electron chi connectivity index (χ3n) is 1.52. The van der Waals surface area contributed by atoms with Gasteiger partial charge in [0.2, 0.25) is 0 Å². The number of fused-ring (bicyclic) bond motifs is 1. The topological polar surface area (TPSA) is 76.2 Å². The van der Waals surface area contributed by atoms with Gasteiger partial charge in [0.05, 0.1) is 5.56 Å². The maximum Gasteiger partial charge on any atom is 0.337 e. The fraction of sp³-hybridized carbons (Fsp3) is 0. The van der Waals surface area contributed by atoms with E-state index >= 15 is 0 Å². The van der Waals surface area contributed by atoms with Gasteiger partial charge in [0.15, 0.2) is 10.2 Å². The van der Waals surface area contributed by atoms with E-state index in [2.05, 4.69) is 26.1 Å². The first-order valence-electron chi connectivity index (χ1n) is 3.32. The molecule has 2 aromatic heterocycles. The maximum atomic E-state index is 10.5. The minimum Gasteiger partial charge on any atom is -0.478 e. The molecule has 0 aliphatic rings. The zero-order valence-electron chi connectivity index (χ0n) is 6.19. The summed E-state index contributed by atoms with van der Waals surface area (Å²) in [5.41, 5.74) is 0.952. The van der Waals surface area contributed by atoms with Crippen LogP contribution in [0.5, 0.6) is 0 Å². The highest BCUT2D eigenvalue weighted by Crippen LogP contribution is 2.21. The van der Waals surface area contributed by atoms with Crippen molar-refractivity contribution in [1.29, 1.82) is 0 Å². The molecule has 1 N–H and O–H groups in total. The second-order valence-electron chi connectivity index (χ2n) is 2.35. The molecule has 0 aliphatic heterocycles. The van der Waals surface area contributed by atoms with Crippen LogP contribution in [0.25, 0.3) is 11.1 Å². The highest BCUT2D eigenvalue weighted by molar-refractivity contribution is 9.10. The summed E-state index contributed by atoms with van der Waals surface area (Å²) in [6, 6.07) is 1.38. The van der Waals surface area contributed by atoms with E-state index in [4.69, 9.17) is 9.63 Å². The molecule has 0 radical (unpaired) electrons. The van der Waals surface area contributed by atoms with E-state index in [0.717, 1.165) is 0 Å². The zero-order valence-corrected chi connectivity index (χ0v) is 7.78.